The normalized spacial score (nSPS) is 17.0. The quantitative estimate of drug-likeness (QED) is 0.819. The van der Waals surface area contributed by atoms with E-state index in [1.165, 1.54) is 12.1 Å². The monoisotopic (exact) mass is 405 g/mol. The van der Waals surface area contributed by atoms with Crippen LogP contribution in [0, 0.1) is 5.82 Å². The van der Waals surface area contributed by atoms with Crippen molar-refractivity contribution in [2.45, 2.75) is 19.0 Å². The van der Waals surface area contributed by atoms with E-state index in [2.05, 4.69) is 21.2 Å². The maximum absolute atomic E-state index is 13.9. The lowest BCUT2D eigenvalue weighted by molar-refractivity contribution is -0.125. The molecule has 0 aliphatic carbocycles. The van der Waals surface area contributed by atoms with Crippen LogP contribution in [0.4, 0.5) is 10.1 Å². The molecule has 2 aromatic carbocycles. The van der Waals surface area contributed by atoms with E-state index in [1.807, 2.05) is 24.3 Å². The lowest BCUT2D eigenvalue weighted by Gasteiger charge is -2.34. The van der Waals surface area contributed by atoms with E-state index in [0.717, 1.165) is 11.1 Å². The van der Waals surface area contributed by atoms with E-state index >= 15 is 0 Å². The fourth-order valence-corrected chi connectivity index (χ4v) is 3.32. The molecule has 3 rings (SSSR count). The Kier molecular flexibility index (Phi) is 5.15. The Morgan fingerprint density at radius 2 is 1.96 bits per heavy atom. The summed E-state index contributed by atoms with van der Waals surface area (Å²) in [6.07, 6.45) is 0.464. The fourth-order valence-electron chi connectivity index (χ4n) is 2.99. The number of halogens is 2. The highest BCUT2D eigenvalue weighted by Gasteiger charge is 2.31. The van der Waals surface area contributed by atoms with Crippen LogP contribution in [-0.2, 0) is 22.6 Å². The van der Waals surface area contributed by atoms with Crippen LogP contribution in [0.15, 0.2) is 46.9 Å². The first-order valence-corrected chi connectivity index (χ1v) is 8.58. The van der Waals surface area contributed by atoms with E-state index in [1.54, 1.807) is 11.0 Å². The molecule has 130 valence electrons. The van der Waals surface area contributed by atoms with Crippen molar-refractivity contribution in [1.29, 1.82) is 0 Å². The van der Waals surface area contributed by atoms with Gasteiger partial charge in [0.2, 0.25) is 11.8 Å². The summed E-state index contributed by atoms with van der Waals surface area (Å²) < 4.78 is 14.4. The number of nitrogens with zero attached hydrogens (tertiary/aromatic N) is 1. The second-order valence-electron chi connectivity index (χ2n) is 5.97. The lowest BCUT2D eigenvalue weighted by atomic mass is 9.93. The predicted molar refractivity (Wildman–Crippen MR) is 96.3 cm³/mol. The van der Waals surface area contributed by atoms with Gasteiger partial charge in [0.05, 0.1) is 18.3 Å². The summed E-state index contributed by atoms with van der Waals surface area (Å²) in [6, 6.07) is 11.6. The molecule has 0 fully saturated rings. The van der Waals surface area contributed by atoms with Gasteiger partial charge in [-0.2, -0.15) is 0 Å². The third-order valence-electron chi connectivity index (χ3n) is 4.23. The Morgan fingerprint density at radius 1 is 1.24 bits per heavy atom. The first-order valence-electron chi connectivity index (χ1n) is 7.79. The topological polar surface area (TPSA) is 75.4 Å². The van der Waals surface area contributed by atoms with Crippen LogP contribution in [0.2, 0.25) is 0 Å². The van der Waals surface area contributed by atoms with Crippen LogP contribution < -0.4 is 11.1 Å². The van der Waals surface area contributed by atoms with Crippen molar-refractivity contribution in [3.05, 3.63) is 63.9 Å². The Balaban J connectivity index is 1.74. The minimum atomic E-state index is -0.560. The average Bonchev–Trinajstić information content (AvgIpc) is 2.56. The standard InChI is InChI=1S/C18H17BrFN3O2/c19-13-5-6-15(14(20)8-13)22-17(24)10-23-9-12-4-2-1-3-11(12)7-16(23)18(21)25/h1-6,8,16H,7,9-10H2,(H2,21,25)(H,22,24). The molecule has 2 amide bonds. The molecule has 0 aromatic heterocycles. The highest BCUT2D eigenvalue weighted by Crippen LogP contribution is 2.24. The summed E-state index contributed by atoms with van der Waals surface area (Å²) in [5.74, 6) is -1.40. The molecule has 0 saturated heterocycles. The molecule has 0 radical (unpaired) electrons. The molecule has 1 heterocycles. The van der Waals surface area contributed by atoms with Crippen LogP contribution in [0.25, 0.3) is 0 Å². The van der Waals surface area contributed by atoms with E-state index in [4.69, 9.17) is 5.73 Å². The molecule has 7 heteroatoms. The Hall–Kier alpha value is -2.25. The molecule has 1 unspecified atom stereocenters. The van der Waals surface area contributed by atoms with Crippen LogP contribution in [0.3, 0.4) is 0 Å². The van der Waals surface area contributed by atoms with Gasteiger partial charge in [-0.1, -0.05) is 40.2 Å². The third kappa shape index (κ3) is 4.05. The zero-order chi connectivity index (χ0) is 18.0. The molecular weight excluding hydrogens is 389 g/mol. The van der Waals surface area contributed by atoms with Crippen molar-refractivity contribution in [3.8, 4) is 0 Å². The number of anilines is 1. The maximum Gasteiger partial charge on any atom is 0.238 e. The van der Waals surface area contributed by atoms with E-state index in [-0.39, 0.29) is 12.2 Å². The van der Waals surface area contributed by atoms with Crippen LogP contribution >= 0.6 is 15.9 Å². The lowest BCUT2D eigenvalue weighted by Crippen LogP contribution is -2.50. The molecule has 3 N–H and O–H groups in total. The Bertz CT molecular complexity index is 828. The molecular formula is C18H17BrFN3O2. The molecule has 0 spiro atoms. The van der Waals surface area contributed by atoms with Gasteiger partial charge in [-0.15, -0.1) is 0 Å². The van der Waals surface area contributed by atoms with Crippen molar-refractivity contribution in [1.82, 2.24) is 4.90 Å². The number of hydrogen-bond acceptors (Lipinski definition) is 3. The second kappa shape index (κ2) is 7.33. The Labute approximate surface area is 153 Å². The van der Waals surface area contributed by atoms with Gasteiger partial charge in [0.25, 0.3) is 0 Å². The van der Waals surface area contributed by atoms with Gasteiger partial charge in [-0.25, -0.2) is 4.39 Å². The molecule has 25 heavy (non-hydrogen) atoms. The molecule has 0 bridgehead atoms. The van der Waals surface area contributed by atoms with Gasteiger partial charge >= 0.3 is 0 Å². The van der Waals surface area contributed by atoms with Gasteiger partial charge < -0.3 is 11.1 Å². The number of nitrogens with one attached hydrogen (secondary N) is 1. The van der Waals surface area contributed by atoms with Gasteiger partial charge in [0, 0.05) is 11.0 Å². The SMILES string of the molecule is NC(=O)C1Cc2ccccc2CN1CC(=O)Nc1ccc(Br)cc1F. The van der Waals surface area contributed by atoms with E-state index in [0.29, 0.717) is 17.4 Å². The van der Waals surface area contributed by atoms with Crippen molar-refractivity contribution in [2.24, 2.45) is 5.73 Å². The maximum atomic E-state index is 13.9. The molecule has 1 aliphatic rings. The fraction of sp³-hybridized carbons (Fsp3) is 0.222. The van der Waals surface area contributed by atoms with Gasteiger partial charge in [0.1, 0.15) is 5.82 Å². The summed E-state index contributed by atoms with van der Waals surface area (Å²) in [5.41, 5.74) is 7.72. The summed E-state index contributed by atoms with van der Waals surface area (Å²) in [4.78, 5) is 25.8. The number of primary amides is 1. The first-order chi connectivity index (χ1) is 11.9. The van der Waals surface area contributed by atoms with Crippen molar-refractivity contribution >= 4 is 33.4 Å². The number of fused-ring (bicyclic) bond motifs is 1. The molecule has 0 saturated carbocycles. The average molecular weight is 406 g/mol. The van der Waals surface area contributed by atoms with Crippen LogP contribution in [0.1, 0.15) is 11.1 Å². The molecule has 1 aliphatic heterocycles. The summed E-state index contributed by atoms with van der Waals surface area (Å²) in [6.45, 7) is 0.400. The molecule has 5 nitrogen and oxygen atoms in total. The third-order valence-corrected chi connectivity index (χ3v) is 4.72. The minimum absolute atomic E-state index is 0.0442. The Morgan fingerprint density at radius 3 is 2.64 bits per heavy atom. The van der Waals surface area contributed by atoms with Crippen molar-refractivity contribution in [3.63, 3.8) is 0 Å². The van der Waals surface area contributed by atoms with Gasteiger partial charge in [0.15, 0.2) is 0 Å². The number of amides is 2. The van der Waals surface area contributed by atoms with Gasteiger partial charge in [-0.3, -0.25) is 14.5 Å². The molecule has 2 aromatic rings. The summed E-state index contributed by atoms with van der Waals surface area (Å²) in [5, 5.41) is 2.54. The number of benzene rings is 2. The highest BCUT2D eigenvalue weighted by atomic mass is 79.9. The van der Waals surface area contributed by atoms with E-state index in [9.17, 15) is 14.0 Å². The summed E-state index contributed by atoms with van der Waals surface area (Å²) >= 11 is 3.17. The largest absolute Gasteiger partial charge is 0.368 e. The second-order valence-corrected chi connectivity index (χ2v) is 6.88. The van der Waals surface area contributed by atoms with Crippen molar-refractivity contribution in [2.75, 3.05) is 11.9 Å². The van der Waals surface area contributed by atoms with Crippen LogP contribution in [-0.4, -0.2) is 29.3 Å². The smallest absolute Gasteiger partial charge is 0.238 e. The molecule has 1 atom stereocenters. The summed E-state index contributed by atoms with van der Waals surface area (Å²) in [7, 11) is 0. The zero-order valence-electron chi connectivity index (χ0n) is 13.3. The number of carbonyl (C=O) groups is 2. The van der Waals surface area contributed by atoms with Crippen LogP contribution in [0.5, 0.6) is 0 Å². The zero-order valence-corrected chi connectivity index (χ0v) is 14.9. The van der Waals surface area contributed by atoms with E-state index < -0.39 is 23.7 Å². The van der Waals surface area contributed by atoms with Gasteiger partial charge in [-0.05, 0) is 35.7 Å². The minimum Gasteiger partial charge on any atom is -0.368 e. The number of rotatable bonds is 4. The first kappa shape index (κ1) is 17.6. The highest BCUT2D eigenvalue weighted by molar-refractivity contribution is 9.10. The predicted octanol–water partition coefficient (Wildman–Crippen LogP) is 2.44. The van der Waals surface area contributed by atoms with Crippen molar-refractivity contribution < 1.29 is 14.0 Å². The number of carbonyl (C=O) groups excluding carboxylic acids is 2. The number of nitrogens with two attached hydrogens (primary N) is 1. The number of hydrogen-bond donors (Lipinski definition) is 2.